The number of hydrogen-bond donors (Lipinski definition) is 0. The van der Waals surface area contributed by atoms with Gasteiger partial charge in [0.2, 0.25) is 5.91 Å². The van der Waals surface area contributed by atoms with Crippen LogP contribution in [0.3, 0.4) is 0 Å². The molecule has 5 heteroatoms. The van der Waals surface area contributed by atoms with Crippen LogP contribution in [-0.2, 0) is 0 Å². The molecule has 1 aromatic heterocycles. The summed E-state index contributed by atoms with van der Waals surface area (Å²) in [6.45, 7) is 6.44. The van der Waals surface area contributed by atoms with Crippen molar-refractivity contribution in [3.8, 4) is 5.75 Å². The van der Waals surface area contributed by atoms with Gasteiger partial charge in [-0.2, -0.15) is 0 Å². The van der Waals surface area contributed by atoms with E-state index in [2.05, 4.69) is 0 Å². The Morgan fingerprint density at radius 1 is 1.32 bits per heavy atom. The van der Waals surface area contributed by atoms with E-state index < -0.39 is 23.0 Å². The average Bonchev–Trinajstić information content (AvgIpc) is 2.66. The third-order valence-corrected chi connectivity index (χ3v) is 2.59. The number of carbonyl (C=O) groups excluding carboxylic acids is 1. The van der Waals surface area contributed by atoms with Crippen molar-refractivity contribution < 1.29 is 18.3 Å². The van der Waals surface area contributed by atoms with E-state index in [9.17, 15) is 13.6 Å². The highest BCUT2D eigenvalue weighted by Gasteiger charge is 2.22. The summed E-state index contributed by atoms with van der Waals surface area (Å²) >= 11 is 0. The summed E-state index contributed by atoms with van der Waals surface area (Å²) in [6.07, 6.45) is 1.41. The van der Waals surface area contributed by atoms with Crippen molar-refractivity contribution in [1.82, 2.24) is 4.57 Å². The molecule has 1 aromatic carbocycles. The highest BCUT2D eigenvalue weighted by molar-refractivity contribution is 5.92. The molecule has 0 amide bonds. The van der Waals surface area contributed by atoms with Crippen molar-refractivity contribution in [2.45, 2.75) is 33.3 Å². The van der Waals surface area contributed by atoms with Crippen LogP contribution in [0.15, 0.2) is 18.3 Å². The molecule has 0 radical (unpaired) electrons. The first kappa shape index (κ1) is 13.5. The van der Waals surface area contributed by atoms with E-state index in [-0.39, 0.29) is 16.8 Å². The second-order valence-electron chi connectivity index (χ2n) is 5.35. The maximum atomic E-state index is 14.2. The Morgan fingerprint density at radius 3 is 2.47 bits per heavy atom. The Labute approximate surface area is 109 Å². The number of aromatic nitrogens is 1. The van der Waals surface area contributed by atoms with Crippen LogP contribution in [0.2, 0.25) is 0 Å². The molecule has 3 nitrogen and oxygen atoms in total. The summed E-state index contributed by atoms with van der Waals surface area (Å²) in [5.41, 5.74) is -0.512. The number of carbonyl (C=O) groups is 1. The van der Waals surface area contributed by atoms with Gasteiger partial charge in [0.25, 0.3) is 0 Å². The van der Waals surface area contributed by atoms with Gasteiger partial charge in [0.15, 0.2) is 17.4 Å². The van der Waals surface area contributed by atoms with Crippen LogP contribution < -0.4 is 4.74 Å². The van der Waals surface area contributed by atoms with E-state index in [1.807, 2.05) is 0 Å². The Morgan fingerprint density at radius 2 is 1.95 bits per heavy atom. The first-order valence-electron chi connectivity index (χ1n) is 5.90. The Hall–Kier alpha value is -1.91. The smallest absolute Gasteiger partial charge is 0.227 e. The Kier molecular flexibility index (Phi) is 3.08. The predicted molar refractivity (Wildman–Crippen MR) is 68.5 cm³/mol. The first-order chi connectivity index (χ1) is 8.70. The zero-order valence-electron chi connectivity index (χ0n) is 11.3. The lowest BCUT2D eigenvalue weighted by Gasteiger charge is -2.22. The molecule has 0 saturated heterocycles. The second kappa shape index (κ2) is 4.33. The minimum absolute atomic E-state index is 0.163. The monoisotopic (exact) mass is 267 g/mol. The molecule has 0 aliphatic heterocycles. The molecule has 2 aromatic rings. The highest BCUT2D eigenvalue weighted by atomic mass is 19.1. The first-order valence-corrected chi connectivity index (χ1v) is 5.90. The van der Waals surface area contributed by atoms with Crippen molar-refractivity contribution in [3.05, 3.63) is 30.0 Å². The predicted octanol–water partition coefficient (Wildman–Crippen LogP) is 3.76. The van der Waals surface area contributed by atoms with Crippen LogP contribution in [-0.4, -0.2) is 16.1 Å². The molecule has 0 fully saturated rings. The van der Waals surface area contributed by atoms with Crippen LogP contribution in [0.5, 0.6) is 5.75 Å². The van der Waals surface area contributed by atoms with E-state index >= 15 is 0 Å². The normalized spacial score (nSPS) is 11.9. The Balaban J connectivity index is 2.67. The van der Waals surface area contributed by atoms with Crippen molar-refractivity contribution >= 4 is 16.8 Å². The fourth-order valence-electron chi connectivity index (χ4n) is 1.86. The van der Waals surface area contributed by atoms with Crippen molar-refractivity contribution in [2.24, 2.45) is 0 Å². The van der Waals surface area contributed by atoms with Crippen LogP contribution >= 0.6 is 0 Å². The SMILES string of the molecule is CC(=O)n1ccc2c(F)c(OC(C)(C)C)c(F)cc21. The molecule has 0 bridgehead atoms. The summed E-state index contributed by atoms with van der Waals surface area (Å²) in [5.74, 6) is -2.33. The van der Waals surface area contributed by atoms with Gasteiger partial charge >= 0.3 is 0 Å². The van der Waals surface area contributed by atoms with Gasteiger partial charge < -0.3 is 4.74 Å². The summed E-state index contributed by atoms with van der Waals surface area (Å²) in [4.78, 5) is 11.3. The zero-order valence-corrected chi connectivity index (χ0v) is 11.3. The van der Waals surface area contributed by atoms with Crippen LogP contribution in [0.25, 0.3) is 10.9 Å². The molecule has 1 heterocycles. The minimum Gasteiger partial charge on any atom is -0.482 e. The van der Waals surface area contributed by atoms with Gasteiger partial charge in [-0.05, 0) is 26.8 Å². The topological polar surface area (TPSA) is 31.2 Å². The third kappa shape index (κ3) is 2.45. The molecule has 0 aliphatic rings. The van der Waals surface area contributed by atoms with Crippen molar-refractivity contribution in [3.63, 3.8) is 0 Å². The maximum absolute atomic E-state index is 14.2. The number of fused-ring (bicyclic) bond motifs is 1. The number of halogens is 2. The lowest BCUT2D eigenvalue weighted by atomic mass is 10.1. The van der Waals surface area contributed by atoms with Gasteiger partial charge in [-0.15, -0.1) is 0 Å². The lowest BCUT2D eigenvalue weighted by Crippen LogP contribution is -2.24. The third-order valence-electron chi connectivity index (χ3n) is 2.59. The van der Waals surface area contributed by atoms with Crippen molar-refractivity contribution in [1.29, 1.82) is 0 Å². The highest BCUT2D eigenvalue weighted by Crippen LogP contribution is 2.32. The standard InChI is InChI=1S/C14H15F2NO2/c1-8(18)17-6-5-9-11(17)7-10(15)13(12(9)16)19-14(2,3)4/h5-7H,1-4H3. The molecular weight excluding hydrogens is 252 g/mol. The van der Waals surface area contributed by atoms with Gasteiger partial charge in [0.1, 0.15) is 5.60 Å². The molecular formula is C14H15F2NO2. The summed E-state index contributed by atoms with van der Waals surface area (Å²) in [5, 5.41) is 0.163. The fourth-order valence-corrected chi connectivity index (χ4v) is 1.86. The molecule has 0 spiro atoms. The molecule has 0 N–H and O–H groups in total. The fraction of sp³-hybridized carbons (Fsp3) is 0.357. The van der Waals surface area contributed by atoms with Gasteiger partial charge in [-0.25, -0.2) is 8.78 Å². The zero-order chi connectivity index (χ0) is 14.4. The lowest BCUT2D eigenvalue weighted by molar-refractivity contribution is 0.0941. The molecule has 0 aliphatic carbocycles. The van der Waals surface area contributed by atoms with Crippen molar-refractivity contribution in [2.75, 3.05) is 0 Å². The second-order valence-corrected chi connectivity index (χ2v) is 5.35. The van der Waals surface area contributed by atoms with E-state index in [4.69, 9.17) is 4.74 Å². The molecule has 0 saturated carbocycles. The van der Waals surface area contributed by atoms with E-state index in [0.717, 1.165) is 6.07 Å². The van der Waals surface area contributed by atoms with Gasteiger partial charge in [0, 0.05) is 24.6 Å². The molecule has 19 heavy (non-hydrogen) atoms. The van der Waals surface area contributed by atoms with Gasteiger partial charge in [-0.1, -0.05) is 0 Å². The number of rotatable bonds is 1. The quantitative estimate of drug-likeness (QED) is 0.787. The van der Waals surface area contributed by atoms with Crippen LogP contribution in [0.1, 0.15) is 32.5 Å². The van der Waals surface area contributed by atoms with Gasteiger partial charge in [0.05, 0.1) is 5.52 Å². The molecule has 102 valence electrons. The Bertz CT molecular complexity index is 653. The van der Waals surface area contributed by atoms with Crippen LogP contribution in [0.4, 0.5) is 8.78 Å². The van der Waals surface area contributed by atoms with Crippen LogP contribution in [0, 0.1) is 11.6 Å². The summed E-state index contributed by atoms with van der Waals surface area (Å²) in [7, 11) is 0. The average molecular weight is 267 g/mol. The number of ether oxygens (including phenoxy) is 1. The number of benzene rings is 1. The van der Waals surface area contributed by atoms with E-state index in [1.54, 1.807) is 20.8 Å². The van der Waals surface area contributed by atoms with E-state index in [1.165, 1.54) is 23.8 Å². The number of hydrogen-bond acceptors (Lipinski definition) is 2. The van der Waals surface area contributed by atoms with E-state index in [0.29, 0.717) is 0 Å². The molecule has 0 atom stereocenters. The minimum atomic E-state index is -0.818. The molecule has 2 rings (SSSR count). The number of nitrogens with zero attached hydrogens (tertiary/aromatic N) is 1. The summed E-state index contributed by atoms with van der Waals surface area (Å²) in [6, 6.07) is 2.54. The molecule has 0 unspecified atom stereocenters. The largest absolute Gasteiger partial charge is 0.482 e. The summed E-state index contributed by atoms with van der Waals surface area (Å²) < 4.78 is 34.7. The van der Waals surface area contributed by atoms with Gasteiger partial charge in [-0.3, -0.25) is 9.36 Å². The maximum Gasteiger partial charge on any atom is 0.227 e.